The zero-order valence-electron chi connectivity index (χ0n) is 13.6. The van der Waals surface area contributed by atoms with Crippen molar-refractivity contribution in [2.24, 2.45) is 0 Å². The van der Waals surface area contributed by atoms with Gasteiger partial charge >= 0.3 is 0 Å². The summed E-state index contributed by atoms with van der Waals surface area (Å²) >= 11 is 0. The highest BCUT2D eigenvalue weighted by molar-refractivity contribution is 5.89. The molecular weight excluding hydrogens is 304 g/mol. The monoisotopic (exact) mass is 322 g/mol. The van der Waals surface area contributed by atoms with Crippen molar-refractivity contribution >= 4 is 11.9 Å². The van der Waals surface area contributed by atoms with Crippen molar-refractivity contribution in [2.45, 2.75) is 12.8 Å². The Morgan fingerprint density at radius 3 is 2.79 bits per heavy atom. The van der Waals surface area contributed by atoms with Crippen LogP contribution in [-0.2, 0) is 4.79 Å². The van der Waals surface area contributed by atoms with Crippen molar-refractivity contribution in [3.05, 3.63) is 59.9 Å². The maximum atomic E-state index is 12.3. The van der Waals surface area contributed by atoms with E-state index >= 15 is 0 Å². The minimum Gasteiger partial charge on any atom is -0.493 e. The quantitative estimate of drug-likeness (QED) is 0.781. The molecule has 0 spiro atoms. The molecular formula is C19H18N2O3. The second-order valence-corrected chi connectivity index (χ2v) is 4.98. The van der Waals surface area contributed by atoms with Gasteiger partial charge in [-0.2, -0.15) is 5.26 Å². The second kappa shape index (κ2) is 8.49. The van der Waals surface area contributed by atoms with Gasteiger partial charge in [-0.05, 0) is 36.8 Å². The Bertz CT molecular complexity index is 764. The van der Waals surface area contributed by atoms with E-state index in [4.69, 9.17) is 9.47 Å². The average Bonchev–Trinajstić information content (AvgIpc) is 2.62. The summed E-state index contributed by atoms with van der Waals surface area (Å²) in [5, 5.41) is 9.24. The Morgan fingerprint density at radius 1 is 1.33 bits per heavy atom. The lowest BCUT2D eigenvalue weighted by Gasteiger charge is -2.12. The van der Waals surface area contributed by atoms with Crippen molar-refractivity contribution in [2.75, 3.05) is 13.7 Å². The smallest absolute Gasteiger partial charge is 0.193 e. The molecule has 0 radical (unpaired) electrons. The van der Waals surface area contributed by atoms with E-state index in [0.717, 1.165) is 5.56 Å². The number of rotatable bonds is 7. The fourth-order valence-corrected chi connectivity index (χ4v) is 2.18. The first-order valence-corrected chi connectivity index (χ1v) is 7.46. The number of hydrogen-bond donors (Lipinski definition) is 0. The molecule has 0 amide bonds. The van der Waals surface area contributed by atoms with Crippen LogP contribution in [-0.4, -0.2) is 24.5 Å². The van der Waals surface area contributed by atoms with Crippen LogP contribution < -0.4 is 9.47 Å². The third kappa shape index (κ3) is 4.20. The average molecular weight is 322 g/mol. The number of carbonyl (C=O) groups is 1. The lowest BCUT2D eigenvalue weighted by Crippen LogP contribution is -2.20. The van der Waals surface area contributed by atoms with E-state index in [1.54, 1.807) is 30.5 Å². The van der Waals surface area contributed by atoms with Crippen LogP contribution in [0.1, 0.15) is 24.1 Å². The molecule has 2 rings (SSSR count). The molecule has 2 aromatic rings. The highest BCUT2D eigenvalue weighted by Crippen LogP contribution is 2.29. The number of ether oxygens (including phenoxy) is 2. The van der Waals surface area contributed by atoms with E-state index in [-0.39, 0.29) is 12.4 Å². The van der Waals surface area contributed by atoms with Gasteiger partial charge in [0, 0.05) is 6.20 Å². The summed E-state index contributed by atoms with van der Waals surface area (Å²) in [7, 11) is 1.54. The lowest BCUT2D eigenvalue weighted by molar-refractivity contribution is -0.121. The summed E-state index contributed by atoms with van der Waals surface area (Å²) in [6.45, 7) is 1.70. The van der Waals surface area contributed by atoms with E-state index < -0.39 is 5.92 Å². The fraction of sp³-hybridized carbons (Fsp3) is 0.211. The van der Waals surface area contributed by atoms with Crippen molar-refractivity contribution in [3.8, 4) is 17.6 Å². The zero-order chi connectivity index (χ0) is 17.4. The van der Waals surface area contributed by atoms with Crippen LogP contribution in [0.15, 0.2) is 48.7 Å². The fourth-order valence-electron chi connectivity index (χ4n) is 2.18. The van der Waals surface area contributed by atoms with Crippen LogP contribution in [0.4, 0.5) is 0 Å². The van der Waals surface area contributed by atoms with Crippen LogP contribution >= 0.6 is 0 Å². The summed E-state index contributed by atoms with van der Waals surface area (Å²) in [5.74, 6) is -0.308. The number of nitrogens with zero attached hydrogens (tertiary/aromatic N) is 2. The van der Waals surface area contributed by atoms with Crippen LogP contribution in [0.2, 0.25) is 0 Å². The maximum absolute atomic E-state index is 12.3. The van der Waals surface area contributed by atoms with Gasteiger partial charge in [-0.3, -0.25) is 9.78 Å². The molecule has 122 valence electrons. The molecule has 1 unspecified atom stereocenters. The zero-order valence-corrected chi connectivity index (χ0v) is 13.6. The van der Waals surface area contributed by atoms with Crippen LogP contribution in [0.3, 0.4) is 0 Å². The van der Waals surface area contributed by atoms with E-state index in [2.05, 4.69) is 4.98 Å². The van der Waals surface area contributed by atoms with Gasteiger partial charge in [0.2, 0.25) is 0 Å². The third-order valence-corrected chi connectivity index (χ3v) is 3.35. The van der Waals surface area contributed by atoms with Gasteiger partial charge < -0.3 is 9.47 Å². The third-order valence-electron chi connectivity index (χ3n) is 3.35. The molecule has 24 heavy (non-hydrogen) atoms. The molecule has 0 fully saturated rings. The van der Waals surface area contributed by atoms with E-state index in [1.165, 1.54) is 7.11 Å². The number of ketones is 1. The molecule has 0 bridgehead atoms. The van der Waals surface area contributed by atoms with Gasteiger partial charge in [-0.25, -0.2) is 0 Å². The highest BCUT2D eigenvalue weighted by atomic mass is 16.5. The molecule has 1 aromatic heterocycles. The maximum Gasteiger partial charge on any atom is 0.193 e. The standard InChI is InChI=1S/C19H18N2O3/c1-3-6-14-8-9-18(19(11-14)23-2)24-13-17(22)15(12-20)16-7-4-5-10-21-16/h3-11,15H,13H2,1-2H3/b6-3+. The molecule has 1 heterocycles. The molecule has 0 aliphatic carbocycles. The van der Waals surface area contributed by atoms with Crippen molar-refractivity contribution in [3.63, 3.8) is 0 Å². The number of pyridine rings is 1. The predicted molar refractivity (Wildman–Crippen MR) is 90.8 cm³/mol. The lowest BCUT2D eigenvalue weighted by atomic mass is 10.0. The molecule has 0 saturated carbocycles. The first kappa shape index (κ1) is 17.2. The molecule has 5 heteroatoms. The number of allylic oxidation sites excluding steroid dienone is 1. The van der Waals surface area contributed by atoms with Crippen molar-refractivity contribution in [1.29, 1.82) is 5.26 Å². The molecule has 0 saturated heterocycles. The Labute approximate surface area is 141 Å². The minimum atomic E-state index is -0.945. The van der Waals surface area contributed by atoms with Gasteiger partial charge in [-0.1, -0.05) is 24.3 Å². The molecule has 0 N–H and O–H groups in total. The SMILES string of the molecule is C/C=C/c1ccc(OCC(=O)C(C#N)c2ccccn2)c(OC)c1. The number of hydrogen-bond acceptors (Lipinski definition) is 5. The number of Topliss-reactive ketones (excluding diaryl/α,β-unsaturated/α-hetero) is 1. The Morgan fingerprint density at radius 2 is 2.17 bits per heavy atom. The van der Waals surface area contributed by atoms with Crippen LogP contribution in [0, 0.1) is 11.3 Å². The normalized spacial score (nSPS) is 11.7. The number of aromatic nitrogens is 1. The first-order valence-electron chi connectivity index (χ1n) is 7.46. The summed E-state index contributed by atoms with van der Waals surface area (Å²) < 4.78 is 10.8. The van der Waals surface area contributed by atoms with Gasteiger partial charge in [0.05, 0.1) is 18.9 Å². The minimum absolute atomic E-state index is 0.228. The van der Waals surface area contributed by atoms with Gasteiger partial charge in [0.25, 0.3) is 0 Å². The van der Waals surface area contributed by atoms with E-state index in [1.807, 2.05) is 37.3 Å². The number of nitriles is 1. The second-order valence-electron chi connectivity index (χ2n) is 4.98. The topological polar surface area (TPSA) is 72.2 Å². The molecule has 0 aliphatic rings. The van der Waals surface area contributed by atoms with Gasteiger partial charge in [0.1, 0.15) is 6.61 Å². The van der Waals surface area contributed by atoms with E-state index in [9.17, 15) is 10.1 Å². The number of benzene rings is 1. The Balaban J connectivity index is 2.10. The summed E-state index contributed by atoms with van der Waals surface area (Å²) in [6, 6.07) is 12.5. The summed E-state index contributed by atoms with van der Waals surface area (Å²) in [6.07, 6.45) is 5.41. The molecule has 0 aliphatic heterocycles. The van der Waals surface area contributed by atoms with Crippen molar-refractivity contribution in [1.82, 2.24) is 4.98 Å². The molecule has 1 atom stereocenters. The van der Waals surface area contributed by atoms with Crippen molar-refractivity contribution < 1.29 is 14.3 Å². The highest BCUT2D eigenvalue weighted by Gasteiger charge is 2.22. The molecule has 1 aromatic carbocycles. The largest absolute Gasteiger partial charge is 0.493 e. The Kier molecular flexibility index (Phi) is 6.09. The number of carbonyl (C=O) groups excluding carboxylic acids is 1. The molecule has 5 nitrogen and oxygen atoms in total. The number of methoxy groups -OCH3 is 1. The van der Waals surface area contributed by atoms with E-state index in [0.29, 0.717) is 17.2 Å². The summed E-state index contributed by atoms with van der Waals surface area (Å²) in [5.41, 5.74) is 1.39. The Hall–Kier alpha value is -3.13. The van der Waals surface area contributed by atoms with Gasteiger partial charge in [0.15, 0.2) is 23.2 Å². The van der Waals surface area contributed by atoms with Crippen LogP contribution in [0.25, 0.3) is 6.08 Å². The van der Waals surface area contributed by atoms with Crippen LogP contribution in [0.5, 0.6) is 11.5 Å². The predicted octanol–water partition coefficient (Wildman–Crippen LogP) is 3.38. The van der Waals surface area contributed by atoms with Gasteiger partial charge in [-0.15, -0.1) is 0 Å². The first-order chi connectivity index (χ1) is 11.7. The summed E-state index contributed by atoms with van der Waals surface area (Å²) in [4.78, 5) is 16.3.